The number of benzene rings is 1. The van der Waals surface area contributed by atoms with Crippen molar-refractivity contribution in [3.8, 4) is 17.6 Å². The minimum atomic E-state index is -0.0172. The van der Waals surface area contributed by atoms with Crippen LogP contribution in [0.3, 0.4) is 0 Å². The highest BCUT2D eigenvalue weighted by Crippen LogP contribution is 2.27. The first-order valence-electron chi connectivity index (χ1n) is 7.51. The van der Waals surface area contributed by atoms with Gasteiger partial charge in [0.15, 0.2) is 11.5 Å². The van der Waals surface area contributed by atoms with Gasteiger partial charge in [0.05, 0.1) is 36.9 Å². The van der Waals surface area contributed by atoms with E-state index in [1.165, 1.54) is 7.11 Å². The van der Waals surface area contributed by atoms with E-state index in [-0.39, 0.29) is 5.91 Å². The number of hydrogen-bond acceptors (Lipinski definition) is 6. The Labute approximate surface area is 145 Å². The van der Waals surface area contributed by atoms with Gasteiger partial charge in [0.1, 0.15) is 0 Å². The Morgan fingerprint density at radius 2 is 2.25 bits per heavy atom. The molecule has 6 nitrogen and oxygen atoms in total. The molecular weight excluding hydrogens is 326 g/mol. The van der Waals surface area contributed by atoms with Gasteiger partial charge in [-0.3, -0.25) is 4.79 Å². The van der Waals surface area contributed by atoms with Crippen LogP contribution in [0.1, 0.15) is 28.3 Å². The number of methoxy groups -OCH3 is 1. The number of hydrogen-bond donors (Lipinski definition) is 1. The Morgan fingerprint density at radius 3 is 2.92 bits per heavy atom. The molecule has 0 spiro atoms. The molecule has 2 aromatic rings. The monoisotopic (exact) mass is 345 g/mol. The molecule has 1 amide bonds. The number of amides is 1. The molecule has 0 saturated carbocycles. The van der Waals surface area contributed by atoms with E-state index < -0.39 is 0 Å². The summed E-state index contributed by atoms with van der Waals surface area (Å²) < 4.78 is 10.8. The topological polar surface area (TPSA) is 84.2 Å². The van der Waals surface area contributed by atoms with Crippen molar-refractivity contribution in [3.05, 3.63) is 39.8 Å². The molecule has 1 N–H and O–H groups in total. The van der Waals surface area contributed by atoms with Crippen molar-refractivity contribution < 1.29 is 14.3 Å². The lowest BCUT2D eigenvalue weighted by Gasteiger charge is -2.10. The standard InChI is InChI=1S/C17H19N3O3S/c1-12-19-10-14(24-12)11-20-17(21)4-3-7-23-15-6-5-13(9-18)8-16(15)22-2/h5-6,8,10H,3-4,7,11H2,1-2H3,(H,20,21). The molecule has 0 aliphatic carbocycles. The van der Waals surface area contributed by atoms with Gasteiger partial charge in [0, 0.05) is 23.6 Å². The lowest BCUT2D eigenvalue weighted by molar-refractivity contribution is -0.121. The first kappa shape index (κ1) is 17.8. The van der Waals surface area contributed by atoms with Crippen LogP contribution in [-0.4, -0.2) is 24.6 Å². The quantitative estimate of drug-likeness (QED) is 0.744. The number of nitrogens with one attached hydrogen (secondary N) is 1. The number of nitrogens with zero attached hydrogens (tertiary/aromatic N) is 2. The molecule has 1 aromatic carbocycles. The number of carbonyl (C=O) groups is 1. The highest BCUT2D eigenvalue weighted by atomic mass is 32.1. The fourth-order valence-electron chi connectivity index (χ4n) is 2.03. The van der Waals surface area contributed by atoms with Gasteiger partial charge in [-0.15, -0.1) is 11.3 Å². The molecule has 2 rings (SSSR count). The minimum absolute atomic E-state index is 0.0172. The van der Waals surface area contributed by atoms with E-state index in [9.17, 15) is 4.79 Å². The number of thiazole rings is 1. The maximum atomic E-state index is 11.8. The molecule has 0 atom stereocenters. The Bertz CT molecular complexity index is 737. The SMILES string of the molecule is COc1cc(C#N)ccc1OCCCC(=O)NCc1cnc(C)s1. The van der Waals surface area contributed by atoms with Crippen molar-refractivity contribution in [3.63, 3.8) is 0 Å². The molecule has 1 heterocycles. The van der Waals surface area contributed by atoms with Gasteiger partial charge in [-0.25, -0.2) is 4.98 Å². The van der Waals surface area contributed by atoms with Crippen molar-refractivity contribution in [2.24, 2.45) is 0 Å². The maximum absolute atomic E-state index is 11.8. The van der Waals surface area contributed by atoms with Crippen LogP contribution < -0.4 is 14.8 Å². The summed E-state index contributed by atoms with van der Waals surface area (Å²) in [4.78, 5) is 17.0. The third-order valence-corrected chi connectivity index (χ3v) is 4.14. The molecule has 7 heteroatoms. The molecule has 126 valence electrons. The predicted octanol–water partition coefficient (Wildman–Crippen LogP) is 2.81. The van der Waals surface area contributed by atoms with Crippen LogP contribution >= 0.6 is 11.3 Å². The molecule has 0 bridgehead atoms. The van der Waals surface area contributed by atoms with E-state index in [2.05, 4.69) is 10.3 Å². The predicted molar refractivity (Wildman–Crippen MR) is 91.1 cm³/mol. The normalized spacial score (nSPS) is 10.0. The summed E-state index contributed by atoms with van der Waals surface area (Å²) in [5.41, 5.74) is 0.511. The van der Waals surface area contributed by atoms with Crippen molar-refractivity contribution in [2.45, 2.75) is 26.3 Å². The second-order valence-corrected chi connectivity index (χ2v) is 6.37. The maximum Gasteiger partial charge on any atom is 0.220 e. The Morgan fingerprint density at radius 1 is 1.42 bits per heavy atom. The number of aromatic nitrogens is 1. The fraction of sp³-hybridized carbons (Fsp3) is 0.353. The second kappa shape index (κ2) is 8.89. The molecule has 0 aliphatic rings. The van der Waals surface area contributed by atoms with Gasteiger partial charge < -0.3 is 14.8 Å². The largest absolute Gasteiger partial charge is 0.493 e. The zero-order chi connectivity index (χ0) is 17.4. The van der Waals surface area contributed by atoms with Crippen LogP contribution in [-0.2, 0) is 11.3 Å². The van der Waals surface area contributed by atoms with Crippen LogP contribution in [0.4, 0.5) is 0 Å². The number of carbonyl (C=O) groups excluding carboxylic acids is 1. The average Bonchev–Trinajstić information content (AvgIpc) is 3.02. The number of aryl methyl sites for hydroxylation is 1. The van der Waals surface area contributed by atoms with E-state index in [1.807, 2.05) is 13.0 Å². The third kappa shape index (κ3) is 5.25. The number of ether oxygens (including phenoxy) is 2. The summed E-state index contributed by atoms with van der Waals surface area (Å²) in [5, 5.41) is 12.7. The summed E-state index contributed by atoms with van der Waals surface area (Å²) in [6, 6.07) is 7.04. The molecule has 0 unspecified atom stereocenters. The summed E-state index contributed by atoms with van der Waals surface area (Å²) in [7, 11) is 1.53. The summed E-state index contributed by atoms with van der Waals surface area (Å²) in [6.07, 6.45) is 2.76. The van der Waals surface area contributed by atoms with Crippen molar-refractivity contribution in [1.82, 2.24) is 10.3 Å². The van der Waals surface area contributed by atoms with Crippen LogP contribution in [0.2, 0.25) is 0 Å². The Hall–Kier alpha value is -2.59. The molecule has 1 aromatic heterocycles. The van der Waals surface area contributed by atoms with Gasteiger partial charge in [-0.2, -0.15) is 5.26 Å². The van der Waals surface area contributed by atoms with Gasteiger partial charge in [-0.05, 0) is 25.5 Å². The van der Waals surface area contributed by atoms with Crippen LogP contribution in [0.25, 0.3) is 0 Å². The van der Waals surface area contributed by atoms with E-state index in [0.29, 0.717) is 43.1 Å². The summed E-state index contributed by atoms with van der Waals surface area (Å²) in [6.45, 7) is 2.84. The smallest absolute Gasteiger partial charge is 0.220 e. The zero-order valence-corrected chi connectivity index (χ0v) is 14.5. The van der Waals surface area contributed by atoms with E-state index in [4.69, 9.17) is 14.7 Å². The zero-order valence-electron chi connectivity index (χ0n) is 13.7. The molecule has 24 heavy (non-hydrogen) atoms. The summed E-state index contributed by atoms with van der Waals surface area (Å²) >= 11 is 1.58. The van der Waals surface area contributed by atoms with Gasteiger partial charge >= 0.3 is 0 Å². The van der Waals surface area contributed by atoms with Crippen molar-refractivity contribution >= 4 is 17.2 Å². The van der Waals surface area contributed by atoms with E-state index in [1.54, 1.807) is 35.7 Å². The first-order valence-corrected chi connectivity index (χ1v) is 8.33. The van der Waals surface area contributed by atoms with Crippen LogP contribution in [0.5, 0.6) is 11.5 Å². The molecule has 0 radical (unpaired) electrons. The molecule has 0 saturated heterocycles. The lowest BCUT2D eigenvalue weighted by atomic mass is 10.2. The van der Waals surface area contributed by atoms with E-state index >= 15 is 0 Å². The van der Waals surface area contributed by atoms with Crippen molar-refractivity contribution in [2.75, 3.05) is 13.7 Å². The van der Waals surface area contributed by atoms with Crippen LogP contribution in [0, 0.1) is 18.3 Å². The van der Waals surface area contributed by atoms with Crippen LogP contribution in [0.15, 0.2) is 24.4 Å². The second-order valence-electron chi connectivity index (χ2n) is 5.05. The lowest BCUT2D eigenvalue weighted by Crippen LogP contribution is -2.22. The molecule has 0 aliphatic heterocycles. The molecule has 0 fully saturated rings. The summed E-state index contributed by atoms with van der Waals surface area (Å²) in [5.74, 6) is 1.06. The number of nitriles is 1. The van der Waals surface area contributed by atoms with Crippen molar-refractivity contribution in [1.29, 1.82) is 5.26 Å². The molecular formula is C17H19N3O3S. The Balaban J connectivity index is 1.71. The Kier molecular flexibility index (Phi) is 6.58. The van der Waals surface area contributed by atoms with E-state index in [0.717, 1.165) is 9.88 Å². The number of rotatable bonds is 8. The minimum Gasteiger partial charge on any atom is -0.493 e. The third-order valence-electron chi connectivity index (χ3n) is 3.23. The van der Waals surface area contributed by atoms with Gasteiger partial charge in [0.2, 0.25) is 5.91 Å². The fourth-order valence-corrected chi connectivity index (χ4v) is 2.77. The van der Waals surface area contributed by atoms with Gasteiger partial charge in [0.25, 0.3) is 0 Å². The first-order chi connectivity index (χ1) is 11.6. The highest BCUT2D eigenvalue weighted by molar-refractivity contribution is 7.11. The van der Waals surface area contributed by atoms with Gasteiger partial charge in [-0.1, -0.05) is 0 Å². The average molecular weight is 345 g/mol. The highest BCUT2D eigenvalue weighted by Gasteiger charge is 2.07.